The first-order chi connectivity index (χ1) is 13.3. The highest BCUT2D eigenvalue weighted by atomic mass is 16.3. The van der Waals surface area contributed by atoms with Crippen LogP contribution in [0.3, 0.4) is 0 Å². The second-order valence-corrected chi connectivity index (χ2v) is 8.07. The minimum absolute atomic E-state index is 0.280. The van der Waals surface area contributed by atoms with Crippen molar-refractivity contribution in [3.8, 4) is 0 Å². The van der Waals surface area contributed by atoms with E-state index in [1.54, 1.807) is 0 Å². The number of aliphatic hydroxyl groups is 1. The molecule has 0 saturated heterocycles. The van der Waals surface area contributed by atoms with Gasteiger partial charge in [0.05, 0.1) is 0 Å². The maximum absolute atomic E-state index is 8.76. The average molecular weight is 383 g/mol. The van der Waals surface area contributed by atoms with E-state index in [1.165, 1.54) is 89.9 Å². The van der Waals surface area contributed by atoms with Crippen molar-refractivity contribution in [1.29, 1.82) is 0 Å². The Kier molecular flexibility index (Phi) is 23.3. The molecule has 0 bridgehead atoms. The van der Waals surface area contributed by atoms with E-state index >= 15 is 0 Å². The molecule has 3 heteroatoms. The number of rotatable bonds is 22. The van der Waals surface area contributed by atoms with Gasteiger partial charge in [0, 0.05) is 19.2 Å². The number of hydrogen-bond acceptors (Lipinski definition) is 3. The first kappa shape index (κ1) is 26.6. The zero-order valence-electron chi connectivity index (χ0n) is 18.6. The van der Waals surface area contributed by atoms with Crippen LogP contribution in [0.5, 0.6) is 0 Å². The summed E-state index contributed by atoms with van der Waals surface area (Å²) < 4.78 is 0. The van der Waals surface area contributed by atoms with Gasteiger partial charge in [0.1, 0.15) is 0 Å². The lowest BCUT2D eigenvalue weighted by molar-refractivity contribution is 0.283. The molecule has 0 amide bonds. The Balaban J connectivity index is 3.13. The van der Waals surface area contributed by atoms with Gasteiger partial charge in [-0.25, -0.2) is 0 Å². The molecule has 0 fully saturated rings. The van der Waals surface area contributed by atoms with Gasteiger partial charge < -0.3 is 15.7 Å². The molecule has 0 spiro atoms. The van der Waals surface area contributed by atoms with Crippen LogP contribution in [0.15, 0.2) is 12.2 Å². The molecular formula is C24H50N2O. The third-order valence-electron chi connectivity index (χ3n) is 5.14. The molecule has 0 aliphatic rings. The van der Waals surface area contributed by atoms with E-state index in [0.29, 0.717) is 6.04 Å². The summed E-state index contributed by atoms with van der Waals surface area (Å²) in [5.74, 6) is 0. The van der Waals surface area contributed by atoms with Gasteiger partial charge in [0.15, 0.2) is 0 Å². The number of hydrogen-bond donors (Lipinski definition) is 3. The molecule has 0 heterocycles. The zero-order chi connectivity index (χ0) is 19.8. The van der Waals surface area contributed by atoms with Gasteiger partial charge in [-0.3, -0.25) is 0 Å². The van der Waals surface area contributed by atoms with E-state index in [9.17, 15) is 0 Å². The molecule has 1 atom stereocenters. The van der Waals surface area contributed by atoms with Crippen LogP contribution in [0.25, 0.3) is 0 Å². The van der Waals surface area contributed by atoms with E-state index in [2.05, 4.69) is 36.6 Å². The molecule has 0 aliphatic heterocycles. The number of nitrogens with one attached hydrogen (secondary N) is 2. The van der Waals surface area contributed by atoms with Gasteiger partial charge >= 0.3 is 0 Å². The molecule has 3 nitrogen and oxygen atoms in total. The summed E-state index contributed by atoms with van der Waals surface area (Å²) in [6.45, 7) is 7.83. The molecule has 0 aliphatic carbocycles. The second-order valence-electron chi connectivity index (χ2n) is 8.07. The molecule has 3 N–H and O–H groups in total. The van der Waals surface area contributed by atoms with Crippen molar-refractivity contribution in [1.82, 2.24) is 10.6 Å². The van der Waals surface area contributed by atoms with E-state index in [4.69, 9.17) is 5.11 Å². The van der Waals surface area contributed by atoms with Crippen LogP contribution >= 0.6 is 0 Å². The lowest BCUT2D eigenvalue weighted by Gasteiger charge is -2.14. The van der Waals surface area contributed by atoms with Crippen LogP contribution in [-0.4, -0.2) is 37.4 Å². The Hall–Kier alpha value is -0.380. The quantitative estimate of drug-likeness (QED) is 0.159. The Morgan fingerprint density at radius 3 is 1.85 bits per heavy atom. The van der Waals surface area contributed by atoms with E-state index in [-0.39, 0.29) is 6.61 Å². The van der Waals surface area contributed by atoms with Crippen molar-refractivity contribution in [2.45, 2.75) is 116 Å². The summed E-state index contributed by atoms with van der Waals surface area (Å²) in [7, 11) is 0. The SMILES string of the molecule is CCCCCCCC/C=C\CCCCCCCCNCC(C)NCCCO. The van der Waals surface area contributed by atoms with Crippen molar-refractivity contribution in [3.63, 3.8) is 0 Å². The number of aliphatic hydroxyl groups excluding tert-OH is 1. The maximum atomic E-state index is 8.76. The van der Waals surface area contributed by atoms with Crippen LogP contribution in [0.4, 0.5) is 0 Å². The highest BCUT2D eigenvalue weighted by Gasteiger charge is 1.99. The fourth-order valence-corrected chi connectivity index (χ4v) is 3.32. The predicted octanol–water partition coefficient (Wildman–Crippen LogP) is 5.97. The van der Waals surface area contributed by atoms with Gasteiger partial charge in [-0.15, -0.1) is 0 Å². The van der Waals surface area contributed by atoms with Crippen molar-refractivity contribution in [3.05, 3.63) is 12.2 Å². The smallest absolute Gasteiger partial charge is 0.0443 e. The van der Waals surface area contributed by atoms with Crippen LogP contribution in [0.1, 0.15) is 110 Å². The minimum atomic E-state index is 0.280. The molecule has 0 saturated carbocycles. The molecule has 0 aromatic carbocycles. The molecule has 0 radical (unpaired) electrons. The maximum Gasteiger partial charge on any atom is 0.0443 e. The standard InChI is InChI=1S/C24H50N2O/c1-3-4-5-6-7-8-9-10-11-12-13-14-15-16-17-18-20-25-23-24(2)26-21-19-22-27/h10-11,24-27H,3-9,12-23H2,1-2H3/b11-10-. The van der Waals surface area contributed by atoms with Crippen molar-refractivity contribution < 1.29 is 5.11 Å². The second kappa shape index (κ2) is 23.7. The molecule has 1 unspecified atom stereocenters. The molecule has 0 aromatic heterocycles. The van der Waals surface area contributed by atoms with Gasteiger partial charge in [0.2, 0.25) is 0 Å². The Morgan fingerprint density at radius 2 is 1.26 bits per heavy atom. The monoisotopic (exact) mass is 382 g/mol. The number of unbranched alkanes of at least 4 members (excludes halogenated alkanes) is 12. The van der Waals surface area contributed by atoms with E-state index < -0.39 is 0 Å². The highest BCUT2D eigenvalue weighted by Crippen LogP contribution is 2.09. The normalized spacial score (nSPS) is 12.9. The summed E-state index contributed by atoms with van der Waals surface area (Å²) in [5, 5.41) is 15.7. The summed E-state index contributed by atoms with van der Waals surface area (Å²) in [6.07, 6.45) is 24.8. The van der Waals surface area contributed by atoms with Gasteiger partial charge in [-0.1, -0.05) is 76.9 Å². The lowest BCUT2D eigenvalue weighted by atomic mass is 10.1. The van der Waals surface area contributed by atoms with Crippen molar-refractivity contribution in [2.75, 3.05) is 26.2 Å². The first-order valence-electron chi connectivity index (χ1n) is 12.0. The molecule has 27 heavy (non-hydrogen) atoms. The third kappa shape index (κ3) is 23.6. The van der Waals surface area contributed by atoms with Crippen LogP contribution in [0.2, 0.25) is 0 Å². The Morgan fingerprint density at radius 1 is 0.704 bits per heavy atom. The third-order valence-corrected chi connectivity index (χ3v) is 5.14. The van der Waals surface area contributed by atoms with Crippen LogP contribution in [0, 0.1) is 0 Å². The lowest BCUT2D eigenvalue weighted by Crippen LogP contribution is -2.37. The summed E-state index contributed by atoms with van der Waals surface area (Å²) >= 11 is 0. The molecule has 0 aromatic rings. The summed E-state index contributed by atoms with van der Waals surface area (Å²) in [6, 6.07) is 0.491. The van der Waals surface area contributed by atoms with Crippen molar-refractivity contribution in [2.24, 2.45) is 0 Å². The highest BCUT2D eigenvalue weighted by molar-refractivity contribution is 4.81. The molecular weight excluding hydrogens is 332 g/mol. The molecule has 162 valence electrons. The zero-order valence-corrected chi connectivity index (χ0v) is 18.6. The first-order valence-corrected chi connectivity index (χ1v) is 12.0. The summed E-state index contributed by atoms with van der Waals surface area (Å²) in [5.41, 5.74) is 0. The average Bonchev–Trinajstić information content (AvgIpc) is 2.67. The van der Waals surface area contributed by atoms with Gasteiger partial charge in [0.25, 0.3) is 0 Å². The fourth-order valence-electron chi connectivity index (χ4n) is 3.32. The van der Waals surface area contributed by atoms with Crippen LogP contribution in [-0.2, 0) is 0 Å². The Labute approximate surface area is 170 Å². The largest absolute Gasteiger partial charge is 0.396 e. The summed E-state index contributed by atoms with van der Waals surface area (Å²) in [4.78, 5) is 0. The fraction of sp³-hybridized carbons (Fsp3) is 0.917. The van der Waals surface area contributed by atoms with Gasteiger partial charge in [-0.05, 0) is 58.5 Å². The predicted molar refractivity (Wildman–Crippen MR) is 121 cm³/mol. The minimum Gasteiger partial charge on any atom is -0.396 e. The van der Waals surface area contributed by atoms with Gasteiger partial charge in [-0.2, -0.15) is 0 Å². The van der Waals surface area contributed by atoms with E-state index in [1.807, 2.05) is 0 Å². The van der Waals surface area contributed by atoms with E-state index in [0.717, 1.165) is 26.1 Å². The number of allylic oxidation sites excluding steroid dienone is 2. The molecule has 0 rings (SSSR count). The van der Waals surface area contributed by atoms with Crippen molar-refractivity contribution >= 4 is 0 Å². The topological polar surface area (TPSA) is 44.3 Å². The Bertz CT molecular complexity index is 294. The van der Waals surface area contributed by atoms with Crippen LogP contribution < -0.4 is 10.6 Å².